The topological polar surface area (TPSA) is 0 Å². The van der Waals surface area contributed by atoms with E-state index in [4.69, 9.17) is 0 Å². The standard InChI is InChI=1S/C3H6.V.W.Y/c1-3-2;;;/h1-3H2;;;/q-2;;;. The van der Waals surface area contributed by atoms with Gasteiger partial charge in [0, 0.05) is 72.3 Å². The molecule has 0 aromatic carbocycles. The minimum atomic E-state index is 0. The van der Waals surface area contributed by atoms with Crippen LogP contribution in [0.15, 0.2) is 0 Å². The van der Waals surface area contributed by atoms with Crippen molar-refractivity contribution in [3.05, 3.63) is 13.8 Å². The molecule has 0 saturated carbocycles. The first kappa shape index (κ1) is 23.8. The quantitative estimate of drug-likeness (QED) is 0.563. The van der Waals surface area contributed by atoms with E-state index in [1.165, 1.54) is 0 Å². The van der Waals surface area contributed by atoms with Gasteiger partial charge in [0.05, 0.1) is 0 Å². The third kappa shape index (κ3) is 32.6. The molecule has 0 aromatic rings. The van der Waals surface area contributed by atoms with Crippen molar-refractivity contribution in [3.63, 3.8) is 0 Å². The van der Waals surface area contributed by atoms with E-state index in [9.17, 15) is 0 Å². The molecule has 2 radical (unpaired) electrons. The van der Waals surface area contributed by atoms with Gasteiger partial charge < -0.3 is 20.3 Å². The van der Waals surface area contributed by atoms with Crippen LogP contribution < -0.4 is 0 Å². The summed E-state index contributed by atoms with van der Waals surface area (Å²) in [6.07, 6.45) is 0.750. The molecular formula is C3H6VWY-2. The second-order valence-electron chi connectivity index (χ2n) is 0.354. The fourth-order valence-corrected chi connectivity index (χ4v) is 0. The van der Waals surface area contributed by atoms with E-state index in [2.05, 4.69) is 13.8 Å². The zero-order valence-corrected chi connectivity index (χ0v) is 10.7. The van der Waals surface area contributed by atoms with Crippen LogP contribution in [0.25, 0.3) is 0 Å². The minimum absolute atomic E-state index is 0. The molecular weight excluding hydrogens is 360 g/mol. The summed E-state index contributed by atoms with van der Waals surface area (Å²) in [6.45, 7) is 6.75. The van der Waals surface area contributed by atoms with Crippen LogP contribution >= 0.6 is 0 Å². The van der Waals surface area contributed by atoms with Crippen LogP contribution in [0.2, 0.25) is 0 Å². The molecule has 0 bridgehead atoms. The Morgan fingerprint density at radius 2 is 1.17 bits per heavy atom. The molecule has 0 heterocycles. The Morgan fingerprint density at radius 1 is 1.17 bits per heavy atom. The van der Waals surface area contributed by atoms with Crippen LogP contribution in [-0.4, -0.2) is 0 Å². The first-order chi connectivity index (χ1) is 1.41. The van der Waals surface area contributed by atoms with E-state index in [0.717, 1.165) is 6.42 Å². The Kier molecular flexibility index (Phi) is 104. The summed E-state index contributed by atoms with van der Waals surface area (Å²) < 4.78 is 0. The summed E-state index contributed by atoms with van der Waals surface area (Å²) in [5, 5.41) is 0. The minimum Gasteiger partial charge on any atom is -0.372 e. The van der Waals surface area contributed by atoms with Gasteiger partial charge in [-0.3, -0.25) is 0 Å². The first-order valence-electron chi connectivity index (χ1n) is 1.000. The molecule has 0 atom stereocenters. The van der Waals surface area contributed by atoms with Crippen molar-refractivity contribution in [2.75, 3.05) is 0 Å². The van der Waals surface area contributed by atoms with Crippen LogP contribution in [0.1, 0.15) is 6.42 Å². The van der Waals surface area contributed by atoms with E-state index >= 15 is 0 Å². The van der Waals surface area contributed by atoms with E-state index in [-0.39, 0.29) is 72.3 Å². The van der Waals surface area contributed by atoms with Gasteiger partial charge in [0.1, 0.15) is 0 Å². The number of rotatable bonds is 0. The molecule has 0 nitrogen and oxygen atoms in total. The third-order valence-corrected chi connectivity index (χ3v) is 0. The van der Waals surface area contributed by atoms with Crippen molar-refractivity contribution in [2.45, 2.75) is 6.42 Å². The molecule has 0 spiro atoms. The molecule has 6 heavy (non-hydrogen) atoms. The zero-order chi connectivity index (χ0) is 2.71. The monoisotopic (exact) mass is 366 g/mol. The Bertz CT molecular complexity index is 10.8. The molecule has 0 aliphatic carbocycles. The fraction of sp³-hybridized carbons (Fsp3) is 0.333. The summed E-state index contributed by atoms with van der Waals surface area (Å²) in [4.78, 5) is 0. The summed E-state index contributed by atoms with van der Waals surface area (Å²) >= 11 is 0. The van der Waals surface area contributed by atoms with Crippen molar-refractivity contribution in [3.8, 4) is 0 Å². The fourth-order valence-electron chi connectivity index (χ4n) is 0. The van der Waals surface area contributed by atoms with Gasteiger partial charge in [-0.05, 0) is 0 Å². The van der Waals surface area contributed by atoms with E-state index in [1.54, 1.807) is 0 Å². The van der Waals surface area contributed by atoms with Crippen LogP contribution in [-0.2, 0) is 72.3 Å². The maximum Gasteiger partial charge on any atom is 0 e. The Labute approximate surface area is 91.2 Å². The predicted octanol–water partition coefficient (Wildman–Crippen LogP) is 1.04. The second kappa shape index (κ2) is 26.3. The Morgan fingerprint density at radius 3 is 1.17 bits per heavy atom. The second-order valence-corrected chi connectivity index (χ2v) is 0.354. The van der Waals surface area contributed by atoms with Crippen LogP contribution in [0.3, 0.4) is 0 Å². The van der Waals surface area contributed by atoms with Gasteiger partial charge in [0.15, 0.2) is 0 Å². The molecule has 0 rings (SSSR count). The molecule has 0 N–H and O–H groups in total. The van der Waals surface area contributed by atoms with Crippen molar-refractivity contribution < 1.29 is 72.3 Å². The van der Waals surface area contributed by atoms with Crippen molar-refractivity contribution in [1.82, 2.24) is 0 Å². The predicted molar refractivity (Wildman–Crippen MR) is 15.3 cm³/mol. The molecule has 0 aliphatic rings. The smallest absolute Gasteiger partial charge is 0 e. The average molecular weight is 366 g/mol. The van der Waals surface area contributed by atoms with Gasteiger partial charge in [-0.15, -0.1) is 0 Å². The van der Waals surface area contributed by atoms with Gasteiger partial charge >= 0.3 is 0 Å². The largest absolute Gasteiger partial charge is 0.372 e. The van der Waals surface area contributed by atoms with E-state index in [1.807, 2.05) is 0 Å². The molecule has 0 fully saturated rings. The summed E-state index contributed by atoms with van der Waals surface area (Å²) in [6, 6.07) is 0. The zero-order valence-electron chi connectivity index (χ0n) is 3.55. The molecule has 34 valence electrons. The van der Waals surface area contributed by atoms with Gasteiger partial charge in [-0.25, -0.2) is 0 Å². The molecule has 0 aromatic heterocycles. The van der Waals surface area contributed by atoms with Crippen LogP contribution in [0, 0.1) is 13.8 Å². The Hall–Kier alpha value is 2.38. The average Bonchev–Trinajstić information content (AvgIpc) is 0.918. The molecule has 0 saturated heterocycles. The maximum absolute atomic E-state index is 3.38. The SMILES string of the molecule is [CH2-]C[CH2-].[V].[W].[Y]. The van der Waals surface area contributed by atoms with Crippen LogP contribution in [0.4, 0.5) is 0 Å². The van der Waals surface area contributed by atoms with Crippen molar-refractivity contribution in [1.29, 1.82) is 0 Å². The van der Waals surface area contributed by atoms with Gasteiger partial charge in [-0.1, -0.05) is 0 Å². The van der Waals surface area contributed by atoms with E-state index in [0.29, 0.717) is 0 Å². The first-order valence-corrected chi connectivity index (χ1v) is 1.000. The maximum atomic E-state index is 3.38. The van der Waals surface area contributed by atoms with Gasteiger partial charge in [-0.2, -0.15) is 0 Å². The van der Waals surface area contributed by atoms with E-state index < -0.39 is 0 Å². The normalized spacial score (nSPS) is 3.00. The molecule has 0 aliphatic heterocycles. The molecule has 0 unspecified atom stereocenters. The number of hydrogen-bond donors (Lipinski definition) is 0. The van der Waals surface area contributed by atoms with Gasteiger partial charge in [0.2, 0.25) is 0 Å². The Balaban J connectivity index is -0.00000000667. The molecule has 3 heteroatoms. The van der Waals surface area contributed by atoms with Gasteiger partial charge in [0.25, 0.3) is 0 Å². The van der Waals surface area contributed by atoms with Crippen LogP contribution in [0.5, 0.6) is 0 Å². The molecule has 0 amide bonds. The van der Waals surface area contributed by atoms with Crippen molar-refractivity contribution in [2.24, 2.45) is 0 Å². The van der Waals surface area contributed by atoms with Crippen molar-refractivity contribution >= 4 is 0 Å². The number of hydrogen-bond acceptors (Lipinski definition) is 0. The summed E-state index contributed by atoms with van der Waals surface area (Å²) in [5.74, 6) is 0. The third-order valence-electron chi connectivity index (χ3n) is 0. The summed E-state index contributed by atoms with van der Waals surface area (Å²) in [5.41, 5.74) is 0. The summed E-state index contributed by atoms with van der Waals surface area (Å²) in [7, 11) is 0.